The van der Waals surface area contributed by atoms with E-state index in [0.29, 0.717) is 13.1 Å². The molecule has 0 saturated carbocycles. The van der Waals surface area contributed by atoms with Crippen LogP contribution in [0.25, 0.3) is 0 Å². The smallest absolute Gasteiger partial charge is 0.152 e. The van der Waals surface area contributed by atoms with Gasteiger partial charge in [-0.05, 0) is 12.1 Å². The van der Waals surface area contributed by atoms with Crippen LogP contribution in [0.5, 0.6) is 0 Å². The van der Waals surface area contributed by atoms with Crippen molar-refractivity contribution in [2.24, 2.45) is 0 Å². The highest BCUT2D eigenvalue weighted by Crippen LogP contribution is 2.25. The number of hydrogen-bond donors (Lipinski definition) is 0. The van der Waals surface area contributed by atoms with E-state index in [1.54, 1.807) is 11.3 Å². The second-order valence-corrected chi connectivity index (χ2v) is 7.98. The molecule has 84 valence electrons. The summed E-state index contributed by atoms with van der Waals surface area (Å²) in [7, 11) is -2.85. The van der Waals surface area contributed by atoms with E-state index in [9.17, 15) is 8.42 Å². The monoisotopic (exact) mass is 265 g/mol. The highest BCUT2D eigenvalue weighted by molar-refractivity contribution is 7.91. The van der Waals surface area contributed by atoms with Crippen molar-refractivity contribution in [3.8, 4) is 0 Å². The maximum Gasteiger partial charge on any atom is 0.152 e. The van der Waals surface area contributed by atoms with Crippen LogP contribution in [0, 0.1) is 0 Å². The summed E-state index contributed by atoms with van der Waals surface area (Å²) in [5.74, 6) is 0. The molecule has 1 aromatic heterocycles. The summed E-state index contributed by atoms with van der Waals surface area (Å²) in [6, 6.07) is 3.86. The van der Waals surface area contributed by atoms with Crippen molar-refractivity contribution in [3.05, 3.63) is 21.3 Å². The van der Waals surface area contributed by atoms with Gasteiger partial charge >= 0.3 is 0 Å². The van der Waals surface area contributed by atoms with Crippen LogP contribution in [0.2, 0.25) is 4.34 Å². The van der Waals surface area contributed by atoms with Crippen molar-refractivity contribution >= 4 is 32.8 Å². The number of hydrogen-bond acceptors (Lipinski definition) is 4. The third kappa shape index (κ3) is 2.72. The van der Waals surface area contributed by atoms with Crippen LogP contribution < -0.4 is 0 Å². The van der Waals surface area contributed by atoms with Gasteiger partial charge in [-0.15, -0.1) is 11.3 Å². The summed E-state index contributed by atoms with van der Waals surface area (Å²) in [5, 5.41) is -0.173. The Hall–Kier alpha value is -0.100. The molecular formula is C9H12ClNO2S2. The molecule has 0 N–H and O–H groups in total. The molecule has 1 aliphatic rings. The lowest BCUT2D eigenvalue weighted by Crippen LogP contribution is -2.53. The lowest BCUT2D eigenvalue weighted by molar-refractivity contribution is 0.178. The second-order valence-electron chi connectivity index (χ2n) is 3.85. The van der Waals surface area contributed by atoms with Crippen molar-refractivity contribution in [1.82, 2.24) is 4.90 Å². The first-order valence-corrected chi connectivity index (χ1v) is 7.75. The SMILES string of the molecule is CS(=O)(=O)C1CN(Cc2ccc(Cl)s2)C1. The van der Waals surface area contributed by atoms with Crippen molar-refractivity contribution in [3.63, 3.8) is 0 Å². The average molecular weight is 266 g/mol. The van der Waals surface area contributed by atoms with E-state index in [1.165, 1.54) is 11.1 Å². The van der Waals surface area contributed by atoms with Crippen LogP contribution in [0.3, 0.4) is 0 Å². The van der Waals surface area contributed by atoms with Crippen LogP contribution in [0.15, 0.2) is 12.1 Å². The number of halogens is 1. The molecule has 15 heavy (non-hydrogen) atoms. The lowest BCUT2D eigenvalue weighted by Gasteiger charge is -2.37. The van der Waals surface area contributed by atoms with Gasteiger partial charge in [0.25, 0.3) is 0 Å². The molecule has 1 fully saturated rings. The average Bonchev–Trinajstić information content (AvgIpc) is 2.40. The van der Waals surface area contributed by atoms with Crippen molar-refractivity contribution in [2.75, 3.05) is 19.3 Å². The third-order valence-corrected chi connectivity index (χ3v) is 5.26. The Kier molecular flexibility index (Phi) is 3.07. The fourth-order valence-corrected chi connectivity index (χ4v) is 3.67. The molecule has 0 radical (unpaired) electrons. The Morgan fingerprint density at radius 1 is 1.53 bits per heavy atom. The second kappa shape index (κ2) is 4.05. The van der Waals surface area contributed by atoms with Gasteiger partial charge in [0.15, 0.2) is 9.84 Å². The predicted molar refractivity (Wildman–Crippen MR) is 63.2 cm³/mol. The molecule has 1 aliphatic heterocycles. The predicted octanol–water partition coefficient (Wildman–Crippen LogP) is 1.63. The van der Waals surface area contributed by atoms with Gasteiger partial charge < -0.3 is 0 Å². The Balaban J connectivity index is 1.86. The first kappa shape index (κ1) is 11.4. The Bertz CT molecular complexity index is 448. The van der Waals surface area contributed by atoms with Gasteiger partial charge in [0.05, 0.1) is 9.59 Å². The number of rotatable bonds is 3. The first-order valence-electron chi connectivity index (χ1n) is 4.60. The Morgan fingerprint density at radius 3 is 2.67 bits per heavy atom. The fourth-order valence-electron chi connectivity index (χ4n) is 1.58. The normalized spacial score (nSPS) is 19.1. The number of likely N-dealkylation sites (tertiary alicyclic amines) is 1. The number of thiophene rings is 1. The molecule has 1 aromatic rings. The summed E-state index contributed by atoms with van der Waals surface area (Å²) in [4.78, 5) is 3.31. The largest absolute Gasteiger partial charge is 0.296 e. The van der Waals surface area contributed by atoms with Gasteiger partial charge in [0.2, 0.25) is 0 Å². The van der Waals surface area contributed by atoms with Crippen LogP contribution >= 0.6 is 22.9 Å². The van der Waals surface area contributed by atoms with Gasteiger partial charge in [-0.3, -0.25) is 4.90 Å². The minimum atomic E-state index is -2.85. The summed E-state index contributed by atoms with van der Waals surface area (Å²) < 4.78 is 23.1. The zero-order valence-electron chi connectivity index (χ0n) is 8.31. The molecule has 0 unspecified atom stereocenters. The van der Waals surface area contributed by atoms with Gasteiger partial charge in [-0.1, -0.05) is 11.6 Å². The number of sulfone groups is 1. The van der Waals surface area contributed by atoms with E-state index in [0.717, 1.165) is 10.9 Å². The number of nitrogens with zero attached hydrogens (tertiary/aromatic N) is 1. The maximum atomic E-state index is 11.2. The van der Waals surface area contributed by atoms with Gasteiger partial charge in [-0.25, -0.2) is 8.42 Å². The molecule has 0 aromatic carbocycles. The molecular weight excluding hydrogens is 254 g/mol. The van der Waals surface area contributed by atoms with E-state index in [4.69, 9.17) is 11.6 Å². The summed E-state index contributed by atoms with van der Waals surface area (Å²) >= 11 is 7.36. The van der Waals surface area contributed by atoms with Gasteiger partial charge in [-0.2, -0.15) is 0 Å². The molecule has 0 amide bonds. The molecule has 1 saturated heterocycles. The minimum Gasteiger partial charge on any atom is -0.296 e. The fraction of sp³-hybridized carbons (Fsp3) is 0.556. The van der Waals surface area contributed by atoms with Gasteiger partial charge in [0, 0.05) is 30.8 Å². The van der Waals surface area contributed by atoms with Gasteiger partial charge in [0.1, 0.15) is 0 Å². The Labute approximate surface area is 98.6 Å². The van der Waals surface area contributed by atoms with Crippen LogP contribution in [-0.4, -0.2) is 37.9 Å². The first-order chi connectivity index (χ1) is 6.95. The molecule has 2 heterocycles. The molecule has 3 nitrogen and oxygen atoms in total. The molecule has 6 heteroatoms. The van der Waals surface area contributed by atoms with E-state index in [2.05, 4.69) is 4.90 Å². The van der Waals surface area contributed by atoms with Crippen LogP contribution in [0.1, 0.15) is 4.88 Å². The maximum absolute atomic E-state index is 11.2. The highest BCUT2D eigenvalue weighted by Gasteiger charge is 2.34. The molecule has 0 spiro atoms. The molecule has 0 atom stereocenters. The topological polar surface area (TPSA) is 37.4 Å². The van der Waals surface area contributed by atoms with E-state index < -0.39 is 9.84 Å². The zero-order valence-corrected chi connectivity index (χ0v) is 10.7. The quantitative estimate of drug-likeness (QED) is 0.834. The zero-order chi connectivity index (χ0) is 11.1. The van der Waals surface area contributed by atoms with E-state index in [1.807, 2.05) is 12.1 Å². The standard InChI is InChI=1S/C9H12ClNO2S2/c1-15(12,13)8-5-11(6-8)4-7-2-3-9(10)14-7/h2-3,8H,4-6H2,1H3. The lowest BCUT2D eigenvalue weighted by atomic mass is 10.2. The molecule has 0 aliphatic carbocycles. The third-order valence-electron chi connectivity index (χ3n) is 2.54. The van der Waals surface area contributed by atoms with E-state index >= 15 is 0 Å². The summed E-state index contributed by atoms with van der Waals surface area (Å²) in [6.45, 7) is 2.10. The summed E-state index contributed by atoms with van der Waals surface area (Å²) in [5.41, 5.74) is 0. The van der Waals surface area contributed by atoms with Crippen LogP contribution in [0.4, 0.5) is 0 Å². The van der Waals surface area contributed by atoms with E-state index in [-0.39, 0.29) is 5.25 Å². The summed E-state index contributed by atoms with van der Waals surface area (Å²) in [6.07, 6.45) is 1.30. The van der Waals surface area contributed by atoms with Crippen molar-refractivity contribution in [2.45, 2.75) is 11.8 Å². The highest BCUT2D eigenvalue weighted by atomic mass is 35.5. The van der Waals surface area contributed by atoms with Crippen molar-refractivity contribution in [1.29, 1.82) is 0 Å². The van der Waals surface area contributed by atoms with Crippen molar-refractivity contribution < 1.29 is 8.42 Å². The molecule has 0 bridgehead atoms. The van der Waals surface area contributed by atoms with Crippen LogP contribution in [-0.2, 0) is 16.4 Å². The molecule has 2 rings (SSSR count). The minimum absolute atomic E-state index is 0.173. The Morgan fingerprint density at radius 2 is 2.20 bits per heavy atom.